The van der Waals surface area contributed by atoms with Gasteiger partial charge in [-0.15, -0.1) is 0 Å². The summed E-state index contributed by atoms with van der Waals surface area (Å²) in [6, 6.07) is 3.57. The first-order chi connectivity index (χ1) is 14.9. The molecule has 0 amide bonds. The first-order valence-electron chi connectivity index (χ1n) is 9.13. The highest BCUT2D eigenvalue weighted by Gasteiger charge is 2.38. The van der Waals surface area contributed by atoms with Crippen LogP contribution in [-0.2, 0) is 14.1 Å². The van der Waals surface area contributed by atoms with Crippen LogP contribution in [0, 0.1) is 29.1 Å². The largest absolute Gasteiger partial charge is 0.513 e. The Kier molecular flexibility index (Phi) is 8.50. The van der Waals surface area contributed by atoms with Crippen molar-refractivity contribution in [1.29, 1.82) is 0 Å². The number of hydrogen-bond donors (Lipinski definition) is 1. The Morgan fingerprint density at radius 3 is 1.97 bits per heavy atom. The van der Waals surface area contributed by atoms with Gasteiger partial charge in [-0.2, -0.15) is 13.9 Å². The summed E-state index contributed by atoms with van der Waals surface area (Å²) in [7, 11) is -4.98. The van der Waals surface area contributed by atoms with Gasteiger partial charge in [0.25, 0.3) is 0 Å². The van der Waals surface area contributed by atoms with Crippen molar-refractivity contribution in [2.45, 2.75) is 39.3 Å². The summed E-state index contributed by atoms with van der Waals surface area (Å²) < 4.78 is 96.6. The number of benzene rings is 2. The van der Waals surface area contributed by atoms with E-state index in [0.717, 1.165) is 0 Å². The lowest BCUT2D eigenvalue weighted by Gasteiger charge is -2.24. The second kappa shape index (κ2) is 10.5. The van der Waals surface area contributed by atoms with Crippen LogP contribution in [-0.4, -0.2) is 18.1 Å². The van der Waals surface area contributed by atoms with Crippen molar-refractivity contribution in [3.63, 3.8) is 0 Å². The molecule has 0 heterocycles. The molecule has 2 aromatic rings. The van der Waals surface area contributed by atoms with Crippen LogP contribution in [0.5, 0.6) is 11.5 Å². The van der Waals surface area contributed by atoms with E-state index < -0.39 is 60.7 Å². The van der Waals surface area contributed by atoms with Crippen LogP contribution >= 0.6 is 19.3 Å². The van der Waals surface area contributed by atoms with Gasteiger partial charge in [-0.1, -0.05) is 18.5 Å². The Morgan fingerprint density at radius 1 is 0.969 bits per heavy atom. The molecule has 6 nitrogen and oxygen atoms in total. The minimum atomic E-state index is -4.98. The molecule has 0 aliphatic carbocycles. The minimum absolute atomic E-state index is 0.211. The number of esters is 1. The van der Waals surface area contributed by atoms with Gasteiger partial charge in [-0.25, -0.2) is 17.7 Å². The summed E-state index contributed by atoms with van der Waals surface area (Å²) in [6.45, 7) is 4.49. The van der Waals surface area contributed by atoms with Crippen LogP contribution < -0.4 is 14.1 Å². The molecular formula is C19H18ClF5NO5P. The fourth-order valence-corrected chi connectivity index (χ4v) is 3.81. The molecule has 3 atom stereocenters. The maximum atomic E-state index is 14.1. The van der Waals surface area contributed by atoms with Crippen LogP contribution in [0.4, 0.5) is 22.0 Å². The molecular weight excluding hydrogens is 484 g/mol. The summed E-state index contributed by atoms with van der Waals surface area (Å²) >= 11 is 5.74. The van der Waals surface area contributed by atoms with Gasteiger partial charge in [-0.05, 0) is 44.5 Å². The Hall–Kier alpha value is -2.36. The van der Waals surface area contributed by atoms with E-state index in [4.69, 9.17) is 20.9 Å². The predicted molar refractivity (Wildman–Crippen MR) is 105 cm³/mol. The smallest absolute Gasteiger partial charge is 0.462 e. The lowest BCUT2D eigenvalue weighted by Crippen LogP contribution is -2.37. The second-order valence-electron chi connectivity index (χ2n) is 6.54. The van der Waals surface area contributed by atoms with Crippen LogP contribution in [0.25, 0.3) is 0 Å². The quantitative estimate of drug-likeness (QED) is 0.151. The summed E-state index contributed by atoms with van der Waals surface area (Å²) in [5.74, 6) is -14.8. The van der Waals surface area contributed by atoms with E-state index in [-0.39, 0.29) is 10.8 Å². The van der Waals surface area contributed by atoms with Crippen LogP contribution in [0.3, 0.4) is 0 Å². The van der Waals surface area contributed by atoms with Gasteiger partial charge in [0, 0.05) is 5.02 Å². The summed E-state index contributed by atoms with van der Waals surface area (Å²) in [6.07, 6.45) is -0.0576. The van der Waals surface area contributed by atoms with E-state index in [1.54, 1.807) is 13.8 Å². The van der Waals surface area contributed by atoms with Gasteiger partial charge >= 0.3 is 13.7 Å². The highest BCUT2D eigenvalue weighted by Crippen LogP contribution is 2.47. The van der Waals surface area contributed by atoms with Gasteiger partial charge in [0.05, 0.1) is 6.10 Å². The third kappa shape index (κ3) is 6.11. The number of carbonyl (C=O) groups is 1. The summed E-state index contributed by atoms with van der Waals surface area (Å²) in [5.41, 5.74) is 0. The molecule has 176 valence electrons. The molecule has 0 aliphatic heterocycles. The molecule has 0 saturated carbocycles. The molecule has 0 aromatic heterocycles. The topological polar surface area (TPSA) is 73.9 Å². The predicted octanol–water partition coefficient (Wildman–Crippen LogP) is 5.92. The zero-order chi connectivity index (χ0) is 24.2. The Labute approximate surface area is 185 Å². The van der Waals surface area contributed by atoms with Crippen molar-refractivity contribution < 1.29 is 45.1 Å². The van der Waals surface area contributed by atoms with Crippen molar-refractivity contribution in [2.75, 3.05) is 0 Å². The van der Waals surface area contributed by atoms with Gasteiger partial charge in [0.15, 0.2) is 0 Å². The van der Waals surface area contributed by atoms with Gasteiger partial charge in [0.2, 0.25) is 34.8 Å². The molecule has 0 bridgehead atoms. The van der Waals surface area contributed by atoms with E-state index >= 15 is 0 Å². The van der Waals surface area contributed by atoms with Gasteiger partial charge < -0.3 is 13.8 Å². The van der Waals surface area contributed by atoms with Crippen molar-refractivity contribution >= 4 is 25.3 Å². The van der Waals surface area contributed by atoms with Crippen molar-refractivity contribution in [3.8, 4) is 11.5 Å². The van der Waals surface area contributed by atoms with Crippen LogP contribution in [0.15, 0.2) is 24.3 Å². The maximum Gasteiger partial charge on any atom is 0.513 e. The molecule has 2 unspecified atom stereocenters. The van der Waals surface area contributed by atoms with Crippen molar-refractivity contribution in [2.24, 2.45) is 0 Å². The monoisotopic (exact) mass is 501 g/mol. The summed E-state index contributed by atoms with van der Waals surface area (Å²) in [4.78, 5) is 12.2. The first-order valence-corrected chi connectivity index (χ1v) is 11.0. The highest BCUT2D eigenvalue weighted by molar-refractivity contribution is 7.52. The van der Waals surface area contributed by atoms with Crippen LogP contribution in [0.2, 0.25) is 5.02 Å². The molecule has 0 fully saturated rings. The molecule has 0 radical (unpaired) electrons. The Bertz CT molecular complexity index is 1010. The number of nitrogens with one attached hydrogen (secondary N) is 1. The molecule has 2 rings (SSSR count). The van der Waals surface area contributed by atoms with E-state index in [1.807, 2.05) is 0 Å². The highest BCUT2D eigenvalue weighted by atomic mass is 35.5. The van der Waals surface area contributed by atoms with E-state index in [2.05, 4.69) is 9.61 Å². The molecule has 0 spiro atoms. The molecule has 0 saturated heterocycles. The first kappa shape index (κ1) is 25.9. The number of rotatable bonds is 9. The van der Waals surface area contributed by atoms with Crippen molar-refractivity contribution in [1.82, 2.24) is 5.09 Å². The van der Waals surface area contributed by atoms with Crippen molar-refractivity contribution in [3.05, 3.63) is 58.4 Å². The average Bonchev–Trinajstić information content (AvgIpc) is 2.75. The molecule has 0 aliphatic rings. The van der Waals surface area contributed by atoms with Crippen LogP contribution in [0.1, 0.15) is 27.2 Å². The van der Waals surface area contributed by atoms with E-state index in [0.29, 0.717) is 6.42 Å². The zero-order valence-electron chi connectivity index (χ0n) is 16.9. The zero-order valence-corrected chi connectivity index (χ0v) is 18.6. The SMILES string of the molecule is CC[C@@H](C)OC(=O)C(C)NP(=O)(Oc1ccc(Cl)cc1)Oc1c(F)c(F)c(F)c(F)c1F. The number of carbonyl (C=O) groups excluding carboxylic acids is 1. The number of halogens is 6. The number of ether oxygens (including phenoxy) is 1. The Morgan fingerprint density at radius 2 is 1.47 bits per heavy atom. The maximum absolute atomic E-state index is 14.1. The summed E-state index contributed by atoms with van der Waals surface area (Å²) in [5, 5.41) is 2.33. The Balaban J connectivity index is 2.44. The second-order valence-corrected chi connectivity index (χ2v) is 8.59. The van der Waals surface area contributed by atoms with E-state index in [1.165, 1.54) is 31.2 Å². The lowest BCUT2D eigenvalue weighted by molar-refractivity contribution is -0.150. The third-order valence-corrected chi connectivity index (χ3v) is 5.85. The third-order valence-electron chi connectivity index (χ3n) is 4.02. The normalized spacial score (nSPS) is 14.9. The average molecular weight is 502 g/mol. The van der Waals surface area contributed by atoms with Gasteiger partial charge in [0.1, 0.15) is 11.8 Å². The molecule has 2 aromatic carbocycles. The number of hydrogen-bond acceptors (Lipinski definition) is 5. The molecule has 13 heteroatoms. The fourth-order valence-electron chi connectivity index (χ4n) is 2.16. The molecule has 1 N–H and O–H groups in total. The van der Waals surface area contributed by atoms with E-state index in [9.17, 15) is 31.3 Å². The standard InChI is InChI=1S/C19H18ClF5NO5P/c1-4-9(2)29-19(27)10(3)26-32(28,30-12-7-5-11(20)6-8-12)31-18-16(24)14(22)13(21)15(23)17(18)25/h5-10H,4H2,1-3H3,(H,26,28)/t9-,10?,32?/m1/s1. The minimum Gasteiger partial charge on any atom is -0.462 e. The fraction of sp³-hybridized carbons (Fsp3) is 0.316. The molecule has 32 heavy (non-hydrogen) atoms. The van der Waals surface area contributed by atoms with Gasteiger partial charge in [-0.3, -0.25) is 4.79 Å². The lowest BCUT2D eigenvalue weighted by atomic mass is 10.3.